The second-order valence-electron chi connectivity index (χ2n) is 4.39. The van der Waals surface area contributed by atoms with Crippen molar-refractivity contribution in [3.63, 3.8) is 0 Å². The Bertz CT molecular complexity index is 663. The van der Waals surface area contributed by atoms with Crippen molar-refractivity contribution in [1.82, 2.24) is 10.3 Å². The summed E-state index contributed by atoms with van der Waals surface area (Å²) in [6.45, 7) is 3.70. The predicted molar refractivity (Wildman–Crippen MR) is 82.3 cm³/mol. The van der Waals surface area contributed by atoms with E-state index in [1.54, 1.807) is 11.3 Å². The highest BCUT2D eigenvalue weighted by Crippen LogP contribution is 2.26. The summed E-state index contributed by atoms with van der Waals surface area (Å²) in [6.07, 6.45) is 1.52. The van der Waals surface area contributed by atoms with Crippen LogP contribution in [0.5, 0.6) is 0 Å². The third kappa shape index (κ3) is 3.53. The summed E-state index contributed by atoms with van der Waals surface area (Å²) in [5, 5.41) is 18.5. The van der Waals surface area contributed by atoms with Crippen LogP contribution in [0.2, 0.25) is 0 Å². The van der Waals surface area contributed by atoms with E-state index in [4.69, 9.17) is 5.26 Å². The van der Waals surface area contributed by atoms with Gasteiger partial charge in [0.05, 0.1) is 5.69 Å². The van der Waals surface area contributed by atoms with Crippen molar-refractivity contribution in [1.29, 1.82) is 5.26 Å². The summed E-state index contributed by atoms with van der Waals surface area (Å²) in [6, 6.07) is 3.91. The lowest BCUT2D eigenvalue weighted by Crippen LogP contribution is -2.30. The number of hydrogen-bond acceptors (Lipinski definition) is 5. The third-order valence-corrected chi connectivity index (χ3v) is 3.96. The number of nitriles is 1. The maximum Gasteiger partial charge on any atom is 0.262 e. The first-order valence-corrected chi connectivity index (χ1v) is 7.83. The summed E-state index contributed by atoms with van der Waals surface area (Å²) in [5.41, 5.74) is 1.76. The topological polar surface area (TPSA) is 65.8 Å². The lowest BCUT2D eigenvalue weighted by atomic mass is 10.2. The van der Waals surface area contributed by atoms with Gasteiger partial charge in [0.15, 0.2) is 0 Å². The lowest BCUT2D eigenvalue weighted by Gasteiger charge is -2.06. The van der Waals surface area contributed by atoms with Gasteiger partial charge in [-0.15, -0.1) is 11.3 Å². The number of amides is 1. The molecular formula is C14H13N3OS2. The van der Waals surface area contributed by atoms with Crippen molar-refractivity contribution in [3.05, 3.63) is 33.5 Å². The fourth-order valence-electron chi connectivity index (χ4n) is 1.51. The first kappa shape index (κ1) is 14.4. The van der Waals surface area contributed by atoms with Gasteiger partial charge in [-0.05, 0) is 31.4 Å². The molecule has 0 aromatic carbocycles. The summed E-state index contributed by atoms with van der Waals surface area (Å²) < 4.78 is 0. The van der Waals surface area contributed by atoms with Gasteiger partial charge in [0, 0.05) is 22.4 Å². The number of carbonyl (C=O) groups is 1. The van der Waals surface area contributed by atoms with E-state index in [0.29, 0.717) is 5.69 Å². The summed E-state index contributed by atoms with van der Waals surface area (Å²) in [7, 11) is 0. The van der Waals surface area contributed by atoms with Crippen LogP contribution < -0.4 is 5.32 Å². The van der Waals surface area contributed by atoms with Gasteiger partial charge in [-0.1, -0.05) is 0 Å². The molecule has 0 aliphatic heterocycles. The average molecular weight is 303 g/mol. The maximum absolute atomic E-state index is 11.8. The molecule has 0 radical (unpaired) electrons. The monoisotopic (exact) mass is 303 g/mol. The SMILES string of the molecule is CC(C)NC(=O)/C(C#N)=C\c1csc(-c2ccsc2)n1. The summed E-state index contributed by atoms with van der Waals surface area (Å²) >= 11 is 3.10. The van der Waals surface area contributed by atoms with Crippen LogP contribution in [0.25, 0.3) is 16.6 Å². The summed E-state index contributed by atoms with van der Waals surface area (Å²) in [4.78, 5) is 16.2. The van der Waals surface area contributed by atoms with Crippen molar-refractivity contribution >= 4 is 34.7 Å². The van der Waals surface area contributed by atoms with Crippen LogP contribution in [-0.2, 0) is 4.79 Å². The zero-order chi connectivity index (χ0) is 14.5. The van der Waals surface area contributed by atoms with E-state index in [2.05, 4.69) is 10.3 Å². The van der Waals surface area contributed by atoms with E-state index < -0.39 is 0 Å². The standard InChI is InChI=1S/C14H13N3OS2/c1-9(2)16-13(18)11(6-15)5-12-8-20-14(17-12)10-3-4-19-7-10/h3-5,7-9H,1-2H3,(H,16,18)/b11-5-. The van der Waals surface area contributed by atoms with E-state index in [-0.39, 0.29) is 17.5 Å². The van der Waals surface area contributed by atoms with Crippen molar-refractivity contribution in [2.24, 2.45) is 0 Å². The molecule has 0 spiro atoms. The fraction of sp³-hybridized carbons (Fsp3) is 0.214. The van der Waals surface area contributed by atoms with E-state index in [1.165, 1.54) is 17.4 Å². The molecule has 0 saturated heterocycles. The Hall–Kier alpha value is -1.97. The second kappa shape index (κ2) is 6.46. The second-order valence-corrected chi connectivity index (χ2v) is 6.03. The number of rotatable bonds is 4. The molecular weight excluding hydrogens is 290 g/mol. The highest BCUT2D eigenvalue weighted by molar-refractivity contribution is 7.14. The molecule has 0 aliphatic carbocycles. The van der Waals surface area contributed by atoms with Crippen LogP contribution in [0.15, 0.2) is 27.8 Å². The van der Waals surface area contributed by atoms with Gasteiger partial charge < -0.3 is 5.32 Å². The van der Waals surface area contributed by atoms with Crippen LogP contribution in [0.1, 0.15) is 19.5 Å². The van der Waals surface area contributed by atoms with E-state index in [9.17, 15) is 4.79 Å². The molecule has 6 heteroatoms. The fourth-order valence-corrected chi connectivity index (χ4v) is 3.00. The molecule has 2 aromatic heterocycles. The predicted octanol–water partition coefficient (Wildman–Crippen LogP) is 3.30. The Balaban J connectivity index is 2.21. The van der Waals surface area contributed by atoms with Crippen LogP contribution >= 0.6 is 22.7 Å². The van der Waals surface area contributed by atoms with Gasteiger partial charge >= 0.3 is 0 Å². The molecule has 1 N–H and O–H groups in total. The number of thiazole rings is 1. The Labute approximate surface area is 125 Å². The van der Waals surface area contributed by atoms with Gasteiger partial charge in [-0.2, -0.15) is 16.6 Å². The van der Waals surface area contributed by atoms with Crippen LogP contribution in [0.4, 0.5) is 0 Å². The lowest BCUT2D eigenvalue weighted by molar-refractivity contribution is -0.117. The van der Waals surface area contributed by atoms with Gasteiger partial charge in [-0.25, -0.2) is 4.98 Å². The van der Waals surface area contributed by atoms with Gasteiger partial charge in [0.2, 0.25) is 0 Å². The molecule has 2 rings (SSSR count). The smallest absolute Gasteiger partial charge is 0.262 e. The largest absolute Gasteiger partial charge is 0.349 e. The third-order valence-electron chi connectivity index (χ3n) is 2.37. The molecule has 20 heavy (non-hydrogen) atoms. The number of aromatic nitrogens is 1. The van der Waals surface area contributed by atoms with Crippen LogP contribution in [0, 0.1) is 11.3 Å². The number of carbonyl (C=O) groups excluding carboxylic acids is 1. The molecule has 1 amide bonds. The Morgan fingerprint density at radius 3 is 2.90 bits per heavy atom. The summed E-state index contributed by atoms with van der Waals surface area (Å²) in [5.74, 6) is -0.368. The molecule has 0 aliphatic rings. The number of thiophene rings is 1. The van der Waals surface area contributed by atoms with Crippen molar-refractivity contribution in [3.8, 4) is 16.6 Å². The van der Waals surface area contributed by atoms with Crippen molar-refractivity contribution in [2.45, 2.75) is 19.9 Å². The molecule has 0 bridgehead atoms. The van der Waals surface area contributed by atoms with Crippen molar-refractivity contribution in [2.75, 3.05) is 0 Å². The molecule has 2 heterocycles. The average Bonchev–Trinajstić information content (AvgIpc) is 3.05. The maximum atomic E-state index is 11.8. The Morgan fingerprint density at radius 2 is 2.30 bits per heavy atom. The molecule has 0 atom stereocenters. The minimum atomic E-state index is -0.368. The van der Waals surface area contributed by atoms with E-state index >= 15 is 0 Å². The molecule has 0 saturated carbocycles. The van der Waals surface area contributed by atoms with Crippen LogP contribution in [0.3, 0.4) is 0 Å². The highest BCUT2D eigenvalue weighted by Gasteiger charge is 2.11. The van der Waals surface area contributed by atoms with Crippen molar-refractivity contribution < 1.29 is 4.79 Å². The van der Waals surface area contributed by atoms with Gasteiger partial charge in [0.1, 0.15) is 16.6 Å². The molecule has 2 aromatic rings. The zero-order valence-corrected chi connectivity index (χ0v) is 12.7. The zero-order valence-electron chi connectivity index (χ0n) is 11.1. The van der Waals surface area contributed by atoms with Crippen LogP contribution in [-0.4, -0.2) is 16.9 Å². The quantitative estimate of drug-likeness (QED) is 0.696. The minimum Gasteiger partial charge on any atom is -0.349 e. The van der Waals surface area contributed by atoms with Gasteiger partial charge in [-0.3, -0.25) is 4.79 Å². The molecule has 102 valence electrons. The first-order valence-electron chi connectivity index (χ1n) is 6.01. The van der Waals surface area contributed by atoms with E-state index in [0.717, 1.165) is 10.6 Å². The first-order chi connectivity index (χ1) is 9.60. The molecule has 0 unspecified atom stereocenters. The van der Waals surface area contributed by atoms with E-state index in [1.807, 2.05) is 42.1 Å². The normalized spacial score (nSPS) is 11.4. The molecule has 4 nitrogen and oxygen atoms in total. The molecule has 0 fully saturated rings. The Morgan fingerprint density at radius 1 is 1.50 bits per heavy atom. The highest BCUT2D eigenvalue weighted by atomic mass is 32.1. The minimum absolute atomic E-state index is 0.00366. The number of hydrogen-bond donors (Lipinski definition) is 1. The number of nitrogens with one attached hydrogen (secondary N) is 1. The Kier molecular flexibility index (Phi) is 4.66. The number of nitrogens with zero attached hydrogens (tertiary/aromatic N) is 2. The van der Waals surface area contributed by atoms with Gasteiger partial charge in [0.25, 0.3) is 5.91 Å².